The summed E-state index contributed by atoms with van der Waals surface area (Å²) in [6, 6.07) is 3.72. The Morgan fingerprint density at radius 1 is 1.29 bits per heavy atom. The molecule has 1 N–H and O–H groups in total. The van der Waals surface area contributed by atoms with Gasteiger partial charge >= 0.3 is 6.18 Å². The predicted octanol–water partition coefficient (Wildman–Crippen LogP) is 2.06. The van der Waals surface area contributed by atoms with E-state index in [1.165, 1.54) is 19.2 Å². The number of nitrogens with one attached hydrogen (secondary N) is 1. The quantitative estimate of drug-likeness (QED) is 0.886. The Balaban J connectivity index is 2.24. The van der Waals surface area contributed by atoms with E-state index in [0.717, 1.165) is 6.07 Å². The van der Waals surface area contributed by atoms with Crippen LogP contribution in [0.5, 0.6) is 11.5 Å². The Labute approximate surface area is 96.5 Å². The minimum absolute atomic E-state index is 0.0514. The lowest BCUT2D eigenvalue weighted by molar-refractivity contribution is -0.138. The normalized spacial score (nSPS) is 16.5. The third kappa shape index (κ3) is 2.63. The van der Waals surface area contributed by atoms with Gasteiger partial charge in [-0.1, -0.05) is 0 Å². The summed E-state index contributed by atoms with van der Waals surface area (Å²) in [5, 5.41) is 2.98. The molecule has 1 aromatic rings. The largest absolute Gasteiger partial charge is 0.496 e. The van der Waals surface area contributed by atoms with E-state index < -0.39 is 11.7 Å². The summed E-state index contributed by atoms with van der Waals surface area (Å²) < 4.78 is 48.2. The van der Waals surface area contributed by atoms with E-state index in [4.69, 9.17) is 4.74 Å². The minimum Gasteiger partial charge on any atom is -0.496 e. The molecule has 0 atom stereocenters. The van der Waals surface area contributed by atoms with Crippen LogP contribution in [-0.4, -0.2) is 26.3 Å². The lowest BCUT2D eigenvalue weighted by atomic mass is 10.1. The van der Waals surface area contributed by atoms with Crippen molar-refractivity contribution in [3.05, 3.63) is 23.8 Å². The van der Waals surface area contributed by atoms with Crippen LogP contribution in [0.4, 0.5) is 13.2 Å². The van der Waals surface area contributed by atoms with Gasteiger partial charge < -0.3 is 14.8 Å². The molecule has 0 aliphatic carbocycles. The fourth-order valence-corrected chi connectivity index (χ4v) is 1.52. The van der Waals surface area contributed by atoms with Gasteiger partial charge in [-0.15, -0.1) is 0 Å². The summed E-state index contributed by atoms with van der Waals surface area (Å²) in [4.78, 5) is 0. The number of halogens is 3. The molecule has 0 amide bonds. The summed E-state index contributed by atoms with van der Waals surface area (Å²) in [5.41, 5.74) is -0.815. The maximum Gasteiger partial charge on any atom is 0.420 e. The predicted molar refractivity (Wildman–Crippen MR) is 55.3 cm³/mol. The number of ether oxygens (including phenoxy) is 2. The molecule has 17 heavy (non-hydrogen) atoms. The monoisotopic (exact) mass is 247 g/mol. The van der Waals surface area contributed by atoms with E-state index >= 15 is 0 Å². The van der Waals surface area contributed by atoms with E-state index in [0.29, 0.717) is 13.1 Å². The number of rotatable bonds is 3. The molecule has 2 rings (SSSR count). The second kappa shape index (κ2) is 4.44. The topological polar surface area (TPSA) is 30.5 Å². The summed E-state index contributed by atoms with van der Waals surface area (Å²) in [5.74, 6) is 0.0150. The van der Waals surface area contributed by atoms with Gasteiger partial charge in [0.25, 0.3) is 0 Å². The maximum atomic E-state index is 12.7. The van der Waals surface area contributed by atoms with E-state index in [1.807, 2.05) is 0 Å². The first-order valence-electron chi connectivity index (χ1n) is 5.13. The van der Waals surface area contributed by atoms with Gasteiger partial charge in [0.15, 0.2) is 0 Å². The van der Waals surface area contributed by atoms with Gasteiger partial charge in [0.05, 0.1) is 7.11 Å². The molecule has 3 nitrogen and oxygen atoms in total. The molecule has 1 aromatic carbocycles. The van der Waals surface area contributed by atoms with Gasteiger partial charge in [-0.25, -0.2) is 0 Å². The first-order valence-corrected chi connectivity index (χ1v) is 5.13. The van der Waals surface area contributed by atoms with Gasteiger partial charge in [0.1, 0.15) is 23.2 Å². The highest BCUT2D eigenvalue weighted by Gasteiger charge is 2.35. The fourth-order valence-electron chi connectivity index (χ4n) is 1.52. The highest BCUT2D eigenvalue weighted by molar-refractivity contribution is 5.42. The van der Waals surface area contributed by atoms with Crippen molar-refractivity contribution in [2.75, 3.05) is 20.2 Å². The number of hydrogen-bond donors (Lipinski definition) is 1. The molecule has 94 valence electrons. The van der Waals surface area contributed by atoms with E-state index in [9.17, 15) is 13.2 Å². The van der Waals surface area contributed by atoms with Crippen LogP contribution in [-0.2, 0) is 6.18 Å². The van der Waals surface area contributed by atoms with Crippen molar-refractivity contribution in [2.24, 2.45) is 0 Å². The Hall–Kier alpha value is -1.43. The third-order valence-electron chi connectivity index (χ3n) is 2.52. The molecular formula is C11H12F3NO2. The van der Waals surface area contributed by atoms with Crippen molar-refractivity contribution < 1.29 is 22.6 Å². The van der Waals surface area contributed by atoms with Crippen LogP contribution < -0.4 is 14.8 Å². The smallest absolute Gasteiger partial charge is 0.420 e. The molecule has 0 radical (unpaired) electrons. The summed E-state index contributed by atoms with van der Waals surface area (Å²) in [6.07, 6.45) is -4.49. The summed E-state index contributed by atoms with van der Waals surface area (Å²) in [7, 11) is 1.21. The average Bonchev–Trinajstić information content (AvgIpc) is 2.22. The van der Waals surface area contributed by atoms with Crippen LogP contribution in [0, 0.1) is 0 Å². The SMILES string of the molecule is COc1ccc(OC2CNC2)cc1C(F)(F)F. The molecule has 1 aliphatic heterocycles. The highest BCUT2D eigenvalue weighted by atomic mass is 19.4. The Morgan fingerprint density at radius 2 is 2.00 bits per heavy atom. The zero-order valence-electron chi connectivity index (χ0n) is 9.17. The number of methoxy groups -OCH3 is 1. The maximum absolute atomic E-state index is 12.7. The van der Waals surface area contributed by atoms with Crippen LogP contribution in [0.15, 0.2) is 18.2 Å². The molecule has 0 bridgehead atoms. The van der Waals surface area contributed by atoms with E-state index in [2.05, 4.69) is 10.1 Å². The van der Waals surface area contributed by atoms with Crippen LogP contribution >= 0.6 is 0 Å². The van der Waals surface area contributed by atoms with Gasteiger partial charge in [0, 0.05) is 13.1 Å². The standard InChI is InChI=1S/C11H12F3NO2/c1-16-10-3-2-7(17-8-5-15-6-8)4-9(10)11(12,13)14/h2-4,8,15H,5-6H2,1H3. The molecule has 1 heterocycles. The molecule has 0 spiro atoms. The van der Waals surface area contributed by atoms with Gasteiger partial charge in [-0.2, -0.15) is 13.2 Å². The molecule has 0 unspecified atom stereocenters. The van der Waals surface area contributed by atoms with Gasteiger partial charge in [-0.3, -0.25) is 0 Å². The van der Waals surface area contributed by atoms with E-state index in [-0.39, 0.29) is 17.6 Å². The van der Waals surface area contributed by atoms with Gasteiger partial charge in [-0.05, 0) is 18.2 Å². The van der Waals surface area contributed by atoms with Crippen LogP contribution in [0.2, 0.25) is 0 Å². The Bertz CT molecular complexity index is 402. The molecule has 0 saturated carbocycles. The molecule has 0 aromatic heterocycles. The molecule has 6 heteroatoms. The van der Waals surface area contributed by atoms with Crippen molar-refractivity contribution in [3.63, 3.8) is 0 Å². The lowest BCUT2D eigenvalue weighted by Gasteiger charge is -2.28. The minimum atomic E-state index is -4.44. The first-order chi connectivity index (χ1) is 8.00. The molecular weight excluding hydrogens is 235 g/mol. The number of benzene rings is 1. The Kier molecular flexibility index (Phi) is 3.15. The summed E-state index contributed by atoms with van der Waals surface area (Å²) >= 11 is 0. The lowest BCUT2D eigenvalue weighted by Crippen LogP contribution is -2.50. The van der Waals surface area contributed by atoms with E-state index in [1.54, 1.807) is 0 Å². The van der Waals surface area contributed by atoms with Crippen LogP contribution in [0.3, 0.4) is 0 Å². The van der Waals surface area contributed by atoms with Gasteiger partial charge in [0.2, 0.25) is 0 Å². The summed E-state index contributed by atoms with van der Waals surface area (Å²) in [6.45, 7) is 1.32. The fraction of sp³-hybridized carbons (Fsp3) is 0.455. The van der Waals surface area contributed by atoms with Crippen molar-refractivity contribution >= 4 is 0 Å². The Morgan fingerprint density at radius 3 is 2.47 bits per heavy atom. The number of hydrogen-bond acceptors (Lipinski definition) is 3. The second-order valence-electron chi connectivity index (χ2n) is 3.76. The van der Waals surface area contributed by atoms with Crippen LogP contribution in [0.1, 0.15) is 5.56 Å². The highest BCUT2D eigenvalue weighted by Crippen LogP contribution is 2.38. The molecule has 1 aliphatic rings. The average molecular weight is 247 g/mol. The zero-order valence-corrected chi connectivity index (χ0v) is 9.17. The number of alkyl halides is 3. The van der Waals surface area contributed by atoms with Crippen LogP contribution in [0.25, 0.3) is 0 Å². The molecule has 1 fully saturated rings. The zero-order chi connectivity index (χ0) is 12.5. The second-order valence-corrected chi connectivity index (χ2v) is 3.76. The van der Waals surface area contributed by atoms with Crippen molar-refractivity contribution in [3.8, 4) is 11.5 Å². The van der Waals surface area contributed by atoms with Crippen molar-refractivity contribution in [1.29, 1.82) is 0 Å². The molecule has 1 saturated heterocycles. The first kappa shape index (κ1) is 12.0. The van der Waals surface area contributed by atoms with Crippen molar-refractivity contribution in [2.45, 2.75) is 12.3 Å². The third-order valence-corrected chi connectivity index (χ3v) is 2.52. The van der Waals surface area contributed by atoms with Crippen molar-refractivity contribution in [1.82, 2.24) is 5.32 Å².